The Kier molecular flexibility index (Phi) is 8.13. The highest BCUT2D eigenvalue weighted by Gasteiger charge is 2.52. The van der Waals surface area contributed by atoms with E-state index >= 15 is 0 Å². The molecule has 1 spiro atoms. The highest BCUT2D eigenvalue weighted by molar-refractivity contribution is 6.14. The fourth-order valence-corrected chi connectivity index (χ4v) is 11.0. The standard InChI is InChI=1S/C61H41N3/c1-5-20-42(21-6-1)62(43-22-7-2-8-23-43)46-36-38-50-48-28-13-16-32-54(48)61(56(50)40-46)55-33-17-14-29-49(55)51-39-37-47(41-57(51)61)63(44-24-9-3-10-25-44)59-35-19-31-53-52-30-15-18-34-58(52)64(60(53)59)45-26-11-4-12-27-45/h1-41H. The Hall–Kier alpha value is -8.40. The Balaban J connectivity index is 1.09. The number of fused-ring (bicyclic) bond motifs is 13. The number of rotatable bonds is 7. The van der Waals surface area contributed by atoms with Crippen molar-refractivity contribution in [3.8, 4) is 27.9 Å². The lowest BCUT2D eigenvalue weighted by Crippen LogP contribution is -2.26. The number of hydrogen-bond donors (Lipinski definition) is 0. The molecule has 3 nitrogen and oxygen atoms in total. The topological polar surface area (TPSA) is 11.4 Å². The molecule has 2 aliphatic carbocycles. The summed E-state index contributed by atoms with van der Waals surface area (Å²) in [4.78, 5) is 4.86. The van der Waals surface area contributed by atoms with E-state index in [0.29, 0.717) is 0 Å². The SMILES string of the molecule is c1ccc(N(c2ccccc2)c2ccc3c(c2)C2(c4ccccc4-3)c3ccccc3-c3ccc(N(c4ccccc4)c4cccc5c6ccccc6n(-c6ccccc6)c45)cc32)cc1. The lowest BCUT2D eigenvalue weighted by Gasteiger charge is -2.33. The Morgan fingerprint density at radius 2 is 0.734 bits per heavy atom. The molecule has 0 bridgehead atoms. The molecule has 0 fully saturated rings. The summed E-state index contributed by atoms with van der Waals surface area (Å²) >= 11 is 0. The van der Waals surface area contributed by atoms with E-state index in [1.165, 1.54) is 66.3 Å². The molecule has 11 aromatic rings. The van der Waals surface area contributed by atoms with Gasteiger partial charge in [0.25, 0.3) is 0 Å². The summed E-state index contributed by atoms with van der Waals surface area (Å²) in [6.45, 7) is 0. The van der Waals surface area contributed by atoms with E-state index in [0.717, 1.165) is 39.8 Å². The van der Waals surface area contributed by atoms with E-state index in [4.69, 9.17) is 0 Å². The van der Waals surface area contributed by atoms with Gasteiger partial charge in [0, 0.05) is 44.9 Å². The molecule has 10 aromatic carbocycles. The molecule has 0 saturated heterocycles. The van der Waals surface area contributed by atoms with Gasteiger partial charge in [-0.1, -0.05) is 164 Å². The lowest BCUT2D eigenvalue weighted by molar-refractivity contribution is 0.793. The first-order valence-electron chi connectivity index (χ1n) is 22.1. The Bertz CT molecular complexity index is 3510. The van der Waals surface area contributed by atoms with Gasteiger partial charge in [-0.3, -0.25) is 0 Å². The molecule has 2 aliphatic rings. The van der Waals surface area contributed by atoms with Crippen LogP contribution in [0.3, 0.4) is 0 Å². The van der Waals surface area contributed by atoms with Gasteiger partial charge in [-0.25, -0.2) is 0 Å². The van der Waals surface area contributed by atoms with Crippen molar-refractivity contribution in [2.45, 2.75) is 5.41 Å². The summed E-state index contributed by atoms with van der Waals surface area (Å²) in [5.74, 6) is 0. The first-order chi connectivity index (χ1) is 31.8. The minimum absolute atomic E-state index is 0.573. The monoisotopic (exact) mass is 815 g/mol. The fraction of sp³-hybridized carbons (Fsp3) is 0.0164. The molecule has 3 heteroatoms. The molecule has 0 radical (unpaired) electrons. The van der Waals surface area contributed by atoms with E-state index in [1.807, 2.05) is 0 Å². The average molecular weight is 816 g/mol. The number of anilines is 6. The second-order valence-corrected chi connectivity index (χ2v) is 16.8. The second-order valence-electron chi connectivity index (χ2n) is 16.8. The van der Waals surface area contributed by atoms with Crippen molar-refractivity contribution >= 4 is 55.9 Å². The summed E-state index contributed by atoms with van der Waals surface area (Å²) in [6.07, 6.45) is 0. The van der Waals surface area contributed by atoms with Crippen LogP contribution in [0.4, 0.5) is 34.1 Å². The van der Waals surface area contributed by atoms with Gasteiger partial charge in [-0.2, -0.15) is 0 Å². The van der Waals surface area contributed by atoms with Crippen molar-refractivity contribution in [3.05, 3.63) is 271 Å². The zero-order valence-corrected chi connectivity index (χ0v) is 35.0. The highest BCUT2D eigenvalue weighted by atomic mass is 15.2. The summed E-state index contributed by atoms with van der Waals surface area (Å²) in [5, 5.41) is 2.45. The predicted octanol–water partition coefficient (Wildman–Crippen LogP) is 16.1. The summed E-state index contributed by atoms with van der Waals surface area (Å²) in [5.41, 5.74) is 19.9. The van der Waals surface area contributed by atoms with Gasteiger partial charge in [0.1, 0.15) is 0 Å². The van der Waals surface area contributed by atoms with Gasteiger partial charge in [0.15, 0.2) is 0 Å². The van der Waals surface area contributed by atoms with Gasteiger partial charge in [0.2, 0.25) is 0 Å². The number of hydrogen-bond acceptors (Lipinski definition) is 2. The molecule has 0 aliphatic heterocycles. The largest absolute Gasteiger partial charge is 0.310 e. The van der Waals surface area contributed by atoms with E-state index in [1.54, 1.807) is 0 Å². The van der Waals surface area contributed by atoms with Gasteiger partial charge in [-0.15, -0.1) is 0 Å². The zero-order chi connectivity index (χ0) is 42.2. The second kappa shape index (κ2) is 14.3. The van der Waals surface area contributed by atoms with E-state index < -0.39 is 5.41 Å². The quantitative estimate of drug-likeness (QED) is 0.159. The predicted molar refractivity (Wildman–Crippen MR) is 266 cm³/mol. The van der Waals surface area contributed by atoms with Crippen LogP contribution in [-0.4, -0.2) is 4.57 Å². The smallest absolute Gasteiger partial charge is 0.0782 e. The third-order valence-corrected chi connectivity index (χ3v) is 13.5. The highest BCUT2D eigenvalue weighted by Crippen LogP contribution is 2.64. The van der Waals surface area contributed by atoms with Crippen molar-refractivity contribution in [3.63, 3.8) is 0 Å². The van der Waals surface area contributed by atoms with Gasteiger partial charge in [-0.05, 0) is 129 Å². The van der Waals surface area contributed by atoms with E-state index in [2.05, 4.69) is 263 Å². The van der Waals surface area contributed by atoms with Crippen LogP contribution >= 0.6 is 0 Å². The molecule has 13 rings (SSSR count). The van der Waals surface area contributed by atoms with Crippen LogP contribution < -0.4 is 9.80 Å². The van der Waals surface area contributed by atoms with Crippen LogP contribution in [0.2, 0.25) is 0 Å². The van der Waals surface area contributed by atoms with Crippen LogP contribution in [0, 0.1) is 0 Å². The molecule has 0 saturated carbocycles. The fourth-order valence-electron chi connectivity index (χ4n) is 11.0. The van der Waals surface area contributed by atoms with E-state index in [9.17, 15) is 0 Å². The summed E-state index contributed by atoms with van der Waals surface area (Å²) < 4.78 is 2.44. The van der Waals surface area contributed by atoms with Crippen molar-refractivity contribution < 1.29 is 0 Å². The number of aromatic nitrogens is 1. The normalized spacial score (nSPS) is 14.3. The average Bonchev–Trinajstić information content (AvgIpc) is 3.97. The first-order valence-corrected chi connectivity index (χ1v) is 22.1. The summed E-state index contributed by atoms with van der Waals surface area (Å²) in [6, 6.07) is 91.3. The Morgan fingerprint density at radius 1 is 0.297 bits per heavy atom. The molecular formula is C61H41N3. The third kappa shape index (κ3) is 5.22. The molecule has 64 heavy (non-hydrogen) atoms. The molecule has 0 amide bonds. The lowest BCUT2D eigenvalue weighted by atomic mass is 9.70. The maximum absolute atomic E-state index is 2.50. The Labute approximate surface area is 373 Å². The van der Waals surface area contributed by atoms with Crippen LogP contribution in [0.5, 0.6) is 0 Å². The molecule has 1 unspecified atom stereocenters. The molecule has 300 valence electrons. The van der Waals surface area contributed by atoms with Crippen molar-refractivity contribution in [2.75, 3.05) is 9.80 Å². The van der Waals surface area contributed by atoms with Crippen LogP contribution in [0.15, 0.2) is 249 Å². The van der Waals surface area contributed by atoms with E-state index in [-0.39, 0.29) is 0 Å². The maximum Gasteiger partial charge on any atom is 0.0782 e. The zero-order valence-electron chi connectivity index (χ0n) is 35.0. The first kappa shape index (κ1) is 36.3. The van der Waals surface area contributed by atoms with Crippen LogP contribution in [-0.2, 0) is 5.41 Å². The molecule has 0 N–H and O–H groups in total. The third-order valence-electron chi connectivity index (χ3n) is 13.5. The van der Waals surface area contributed by atoms with Crippen molar-refractivity contribution in [1.29, 1.82) is 0 Å². The van der Waals surface area contributed by atoms with Crippen LogP contribution in [0.1, 0.15) is 22.3 Å². The van der Waals surface area contributed by atoms with Crippen LogP contribution in [0.25, 0.3) is 49.7 Å². The maximum atomic E-state index is 2.50. The molecule has 1 aromatic heterocycles. The van der Waals surface area contributed by atoms with Gasteiger partial charge < -0.3 is 14.4 Å². The van der Waals surface area contributed by atoms with Gasteiger partial charge in [0.05, 0.1) is 22.1 Å². The molecule has 1 atom stereocenters. The number of para-hydroxylation sites is 6. The molecular weight excluding hydrogens is 775 g/mol. The molecule has 1 heterocycles. The number of benzene rings is 10. The van der Waals surface area contributed by atoms with Gasteiger partial charge >= 0.3 is 0 Å². The Morgan fingerprint density at radius 3 is 1.31 bits per heavy atom. The van der Waals surface area contributed by atoms with Crippen molar-refractivity contribution in [2.24, 2.45) is 0 Å². The minimum atomic E-state index is -0.573. The number of nitrogens with zero attached hydrogens (tertiary/aromatic N) is 3. The summed E-state index contributed by atoms with van der Waals surface area (Å²) in [7, 11) is 0. The van der Waals surface area contributed by atoms with Crippen molar-refractivity contribution in [1.82, 2.24) is 4.57 Å². The minimum Gasteiger partial charge on any atom is -0.310 e.